The lowest BCUT2D eigenvalue weighted by atomic mass is 10.1. The Balaban J connectivity index is 1.21. The quantitative estimate of drug-likeness (QED) is 0.416. The molecular formula is C29H26FN3O4S. The summed E-state index contributed by atoms with van der Waals surface area (Å²) >= 11 is 0.850. The van der Waals surface area contributed by atoms with E-state index in [1.165, 1.54) is 12.1 Å². The first-order chi connectivity index (χ1) is 18.4. The predicted molar refractivity (Wildman–Crippen MR) is 145 cm³/mol. The van der Waals surface area contributed by atoms with E-state index in [4.69, 9.17) is 4.74 Å². The number of hydrogen-bond acceptors (Lipinski definition) is 6. The van der Waals surface area contributed by atoms with Crippen LogP contribution in [0, 0.1) is 5.82 Å². The van der Waals surface area contributed by atoms with Gasteiger partial charge >= 0.3 is 0 Å². The number of methoxy groups -OCH3 is 1. The molecule has 3 aromatic rings. The molecule has 0 saturated carbocycles. The Morgan fingerprint density at radius 3 is 2.42 bits per heavy atom. The molecule has 0 spiro atoms. The molecule has 0 bridgehead atoms. The molecule has 2 aliphatic heterocycles. The molecule has 38 heavy (non-hydrogen) atoms. The lowest BCUT2D eigenvalue weighted by Crippen LogP contribution is -2.48. The van der Waals surface area contributed by atoms with Crippen LogP contribution in [0.5, 0.6) is 5.75 Å². The minimum absolute atomic E-state index is 0.0114. The van der Waals surface area contributed by atoms with Crippen LogP contribution in [-0.4, -0.2) is 60.1 Å². The Morgan fingerprint density at radius 2 is 1.71 bits per heavy atom. The van der Waals surface area contributed by atoms with Gasteiger partial charge in [-0.05, 0) is 65.4 Å². The van der Waals surface area contributed by atoms with E-state index in [2.05, 4.69) is 4.90 Å². The van der Waals surface area contributed by atoms with Crippen molar-refractivity contribution in [2.45, 2.75) is 6.54 Å². The summed E-state index contributed by atoms with van der Waals surface area (Å²) in [7, 11) is 1.65. The van der Waals surface area contributed by atoms with Gasteiger partial charge in [0.25, 0.3) is 17.1 Å². The molecule has 3 aromatic carbocycles. The highest BCUT2D eigenvalue weighted by Gasteiger charge is 2.35. The summed E-state index contributed by atoms with van der Waals surface area (Å²) in [6.45, 7) is 2.61. The molecular weight excluding hydrogens is 505 g/mol. The van der Waals surface area contributed by atoms with Crippen LogP contribution in [0.3, 0.4) is 0 Å². The third-order valence-electron chi connectivity index (χ3n) is 6.55. The van der Waals surface area contributed by atoms with Crippen molar-refractivity contribution in [3.8, 4) is 5.75 Å². The van der Waals surface area contributed by atoms with Gasteiger partial charge in [0.15, 0.2) is 0 Å². The molecule has 5 rings (SSSR count). The van der Waals surface area contributed by atoms with E-state index in [1.807, 2.05) is 29.2 Å². The maximum Gasteiger partial charge on any atom is 0.293 e. The van der Waals surface area contributed by atoms with Crippen molar-refractivity contribution in [3.63, 3.8) is 0 Å². The zero-order chi connectivity index (χ0) is 26.6. The Hall–Kier alpha value is -4.11. The van der Waals surface area contributed by atoms with Gasteiger partial charge < -0.3 is 14.5 Å². The highest BCUT2D eigenvalue weighted by molar-refractivity contribution is 8.18. The topological polar surface area (TPSA) is 70.2 Å². The number of thioether (sulfide) groups is 1. The molecule has 2 aliphatic rings. The van der Waals surface area contributed by atoms with E-state index in [1.54, 1.807) is 49.6 Å². The first kappa shape index (κ1) is 25.5. The van der Waals surface area contributed by atoms with Crippen molar-refractivity contribution in [3.05, 3.63) is 100 Å². The highest BCUT2D eigenvalue weighted by Crippen LogP contribution is 2.33. The predicted octanol–water partition coefficient (Wildman–Crippen LogP) is 5.03. The average molecular weight is 532 g/mol. The second-order valence-corrected chi connectivity index (χ2v) is 9.96. The molecule has 7 nitrogen and oxygen atoms in total. The molecule has 3 amide bonds. The second kappa shape index (κ2) is 11.1. The van der Waals surface area contributed by atoms with Crippen molar-refractivity contribution >= 4 is 40.6 Å². The molecule has 9 heteroatoms. The fourth-order valence-corrected chi connectivity index (χ4v) is 5.39. The van der Waals surface area contributed by atoms with Gasteiger partial charge in [0.2, 0.25) is 0 Å². The second-order valence-electron chi connectivity index (χ2n) is 8.97. The van der Waals surface area contributed by atoms with Crippen molar-refractivity contribution < 1.29 is 23.5 Å². The molecule has 2 fully saturated rings. The number of ether oxygens (including phenoxy) is 1. The molecule has 0 aromatic heterocycles. The van der Waals surface area contributed by atoms with Crippen LogP contribution in [0.1, 0.15) is 21.5 Å². The zero-order valence-corrected chi connectivity index (χ0v) is 21.6. The summed E-state index contributed by atoms with van der Waals surface area (Å²) in [5, 5.41) is -0.399. The molecule has 2 saturated heterocycles. The van der Waals surface area contributed by atoms with Crippen molar-refractivity contribution in [2.75, 3.05) is 38.2 Å². The summed E-state index contributed by atoms with van der Waals surface area (Å²) in [6.07, 6.45) is 1.64. The maximum absolute atomic E-state index is 13.5. The third-order valence-corrected chi connectivity index (χ3v) is 7.46. The van der Waals surface area contributed by atoms with Crippen LogP contribution < -0.4 is 9.64 Å². The first-order valence-corrected chi connectivity index (χ1v) is 13.0. The van der Waals surface area contributed by atoms with E-state index in [9.17, 15) is 18.8 Å². The Bertz CT molecular complexity index is 1400. The number of benzene rings is 3. The molecule has 194 valence electrons. The van der Waals surface area contributed by atoms with Crippen LogP contribution in [0.4, 0.5) is 14.9 Å². The lowest BCUT2D eigenvalue weighted by Gasteiger charge is -2.36. The SMILES string of the molecule is COc1ccccc1N1CCN(C(=O)c2ccc(C=C3SC(=O)N(Cc4cccc(F)c4)C3=O)cc2)CC1. The Labute approximate surface area is 224 Å². The van der Waals surface area contributed by atoms with Crippen molar-refractivity contribution in [1.82, 2.24) is 9.80 Å². The number of nitrogens with zero attached hydrogens (tertiary/aromatic N) is 3. The van der Waals surface area contributed by atoms with Crippen molar-refractivity contribution in [2.24, 2.45) is 0 Å². The minimum Gasteiger partial charge on any atom is -0.495 e. The van der Waals surface area contributed by atoms with E-state index in [-0.39, 0.29) is 17.4 Å². The number of rotatable bonds is 6. The largest absolute Gasteiger partial charge is 0.495 e. The monoisotopic (exact) mass is 531 g/mol. The first-order valence-electron chi connectivity index (χ1n) is 12.2. The van der Waals surface area contributed by atoms with Gasteiger partial charge in [-0.2, -0.15) is 0 Å². The number of carbonyl (C=O) groups excluding carboxylic acids is 3. The van der Waals surface area contributed by atoms with Gasteiger partial charge in [0, 0.05) is 31.7 Å². The van der Waals surface area contributed by atoms with Gasteiger partial charge in [0.1, 0.15) is 11.6 Å². The van der Waals surface area contributed by atoms with E-state index < -0.39 is 17.0 Å². The van der Waals surface area contributed by atoms with Crippen LogP contribution in [-0.2, 0) is 11.3 Å². The lowest BCUT2D eigenvalue weighted by molar-refractivity contribution is -0.123. The maximum atomic E-state index is 13.5. The van der Waals surface area contributed by atoms with E-state index in [0.29, 0.717) is 42.9 Å². The van der Waals surface area contributed by atoms with E-state index >= 15 is 0 Å². The van der Waals surface area contributed by atoms with Crippen LogP contribution in [0.25, 0.3) is 6.08 Å². The number of imide groups is 1. The van der Waals surface area contributed by atoms with Crippen molar-refractivity contribution in [1.29, 1.82) is 0 Å². The number of carbonyl (C=O) groups is 3. The van der Waals surface area contributed by atoms with Crippen LogP contribution >= 0.6 is 11.8 Å². The summed E-state index contributed by atoms with van der Waals surface area (Å²) in [6, 6.07) is 20.7. The normalized spacial score (nSPS) is 16.9. The van der Waals surface area contributed by atoms with Gasteiger partial charge in [-0.1, -0.05) is 36.4 Å². The molecule has 2 heterocycles. The summed E-state index contributed by atoms with van der Waals surface area (Å²) in [5.74, 6) is -0.0726. The number of amides is 3. The fraction of sp³-hybridized carbons (Fsp3) is 0.207. The summed E-state index contributed by atoms with van der Waals surface area (Å²) in [4.78, 5) is 43.8. The van der Waals surface area contributed by atoms with Crippen LogP contribution in [0.2, 0.25) is 0 Å². The molecule has 0 N–H and O–H groups in total. The Kier molecular flexibility index (Phi) is 7.46. The molecule has 0 radical (unpaired) electrons. The number of para-hydroxylation sites is 2. The van der Waals surface area contributed by atoms with Crippen LogP contribution in [0.15, 0.2) is 77.7 Å². The zero-order valence-electron chi connectivity index (χ0n) is 20.8. The fourth-order valence-electron chi connectivity index (χ4n) is 4.55. The average Bonchev–Trinajstić information content (AvgIpc) is 3.20. The van der Waals surface area contributed by atoms with E-state index in [0.717, 1.165) is 28.1 Å². The minimum atomic E-state index is -0.419. The molecule has 0 aliphatic carbocycles. The smallest absolute Gasteiger partial charge is 0.293 e. The number of anilines is 1. The molecule has 0 atom stereocenters. The highest BCUT2D eigenvalue weighted by atomic mass is 32.2. The summed E-state index contributed by atoms with van der Waals surface area (Å²) < 4.78 is 19.0. The Morgan fingerprint density at radius 1 is 0.974 bits per heavy atom. The standard InChI is InChI=1S/C29H26FN3O4S/c1-37-25-8-3-2-7-24(25)31-13-15-32(16-14-31)27(34)22-11-9-20(10-12-22)18-26-28(35)33(29(36)38-26)19-21-5-4-6-23(30)17-21/h2-12,17-18H,13-16,19H2,1H3. The third kappa shape index (κ3) is 5.43. The number of halogens is 1. The van der Waals surface area contributed by atoms with Gasteiger partial charge in [-0.15, -0.1) is 0 Å². The van der Waals surface area contributed by atoms with Gasteiger partial charge in [-0.3, -0.25) is 19.3 Å². The van der Waals surface area contributed by atoms with Gasteiger partial charge in [0.05, 0.1) is 24.2 Å². The number of piperazine rings is 1. The summed E-state index contributed by atoms with van der Waals surface area (Å²) in [5.41, 5.74) is 2.83. The number of hydrogen-bond donors (Lipinski definition) is 0. The molecule has 0 unspecified atom stereocenters. The van der Waals surface area contributed by atoms with Gasteiger partial charge in [-0.25, -0.2) is 4.39 Å².